The number of ether oxygens (including phenoxy) is 2. The Labute approximate surface area is 495 Å². The van der Waals surface area contributed by atoms with Gasteiger partial charge in [-0.1, -0.05) is 21.9 Å². The summed E-state index contributed by atoms with van der Waals surface area (Å²) in [6.45, 7) is 19.7. The van der Waals surface area contributed by atoms with E-state index >= 15 is 0 Å². The molecule has 4 N–H and O–H groups in total. The molecule has 8 heterocycles. The molecule has 0 saturated carbocycles. The lowest BCUT2D eigenvalue weighted by molar-refractivity contribution is 0.393. The van der Waals surface area contributed by atoms with Crippen molar-refractivity contribution in [3.63, 3.8) is 0 Å². The highest BCUT2D eigenvalue weighted by Gasteiger charge is 2.23. The van der Waals surface area contributed by atoms with Crippen molar-refractivity contribution in [2.75, 3.05) is 20.0 Å². The van der Waals surface area contributed by atoms with Gasteiger partial charge in [0.15, 0.2) is 0 Å². The summed E-state index contributed by atoms with van der Waals surface area (Å²) in [6, 6.07) is 12.6. The van der Waals surface area contributed by atoms with Crippen LogP contribution in [0.25, 0.3) is 66.1 Å². The minimum atomic E-state index is 0.277. The summed E-state index contributed by atoms with van der Waals surface area (Å²) in [6.07, 6.45) is 4.21. The Kier molecular flexibility index (Phi) is 22.6. The van der Waals surface area contributed by atoms with Gasteiger partial charge in [-0.15, -0.1) is 0 Å². The lowest BCUT2D eigenvalue weighted by Gasteiger charge is -2.12. The molecule has 0 unspecified atom stereocenters. The van der Waals surface area contributed by atoms with Crippen molar-refractivity contribution in [1.82, 2.24) is 59.8 Å². The Morgan fingerprint density at radius 1 is 0.615 bits per heavy atom. The maximum atomic E-state index is 6.33. The third-order valence-corrected chi connectivity index (χ3v) is 34.0. The van der Waals surface area contributed by atoms with Crippen molar-refractivity contribution in [3.05, 3.63) is 99.9 Å². The quantitative estimate of drug-likeness (QED) is 0.121. The number of nitrogen functional groups attached to an aromatic ring is 1. The summed E-state index contributed by atoms with van der Waals surface area (Å²) in [5, 5.41) is 20.8. The van der Waals surface area contributed by atoms with Gasteiger partial charge in [0.2, 0.25) is 0 Å². The van der Waals surface area contributed by atoms with E-state index in [2.05, 4.69) is 71.4 Å². The number of fused-ring (bicyclic) bond motifs is 6. The SMILES string of the molecule is CC(C)n1nccc1N.COc1cc2c(cc1-c1c(C)noc1C)[nH]c1nc(C)nc(Cc3ccnn3C(C)C)c12.COc1cc2c(cc1-c1c(C)noc1C)[nH]c1nc(C)nc(Cl)c12.S=S=S=S=S=S=S=S=S=S=S=S=S. The van der Waals surface area contributed by atoms with Gasteiger partial charge in [0.25, 0.3) is 0 Å². The number of methoxy groups -OCH3 is 2. The molecule has 0 aliphatic carbocycles. The van der Waals surface area contributed by atoms with Crippen LogP contribution in [0.15, 0.2) is 57.8 Å². The van der Waals surface area contributed by atoms with E-state index in [1.807, 2.05) is 84.5 Å². The van der Waals surface area contributed by atoms with Gasteiger partial charge in [-0.05, 0) is 106 Å². The highest BCUT2D eigenvalue weighted by atomic mass is 35.5. The van der Waals surface area contributed by atoms with Crippen LogP contribution in [0.1, 0.15) is 85.7 Å². The zero-order valence-electron chi connectivity index (χ0n) is 43.8. The van der Waals surface area contributed by atoms with Gasteiger partial charge in [0.05, 0.1) is 54.0 Å². The lowest BCUT2D eigenvalue weighted by Crippen LogP contribution is -2.09. The molecule has 0 bridgehead atoms. The van der Waals surface area contributed by atoms with E-state index < -0.39 is 0 Å². The zero-order valence-corrected chi connectivity index (χ0v) is 55.2. The molecule has 0 saturated heterocycles. The Hall–Kier alpha value is -4.41. The number of halogens is 1. The van der Waals surface area contributed by atoms with Crippen molar-refractivity contribution in [1.29, 1.82) is 0 Å². The summed E-state index contributed by atoms with van der Waals surface area (Å²) in [5.41, 5.74) is 16.4. The number of nitrogens with two attached hydrogens (primary N) is 1. The van der Waals surface area contributed by atoms with E-state index in [1.165, 1.54) is 17.8 Å². The molecule has 0 radical (unpaired) electrons. The van der Waals surface area contributed by atoms with Crippen LogP contribution >= 0.6 is 11.6 Å². The molecule has 0 aliphatic rings. The summed E-state index contributed by atoms with van der Waals surface area (Å²) >= 11 is 15.7. The third-order valence-electron chi connectivity index (χ3n) is 11.5. The van der Waals surface area contributed by atoms with E-state index in [-0.39, 0.29) is 6.04 Å². The van der Waals surface area contributed by atoms with Crippen LogP contribution in [0.2, 0.25) is 5.15 Å². The maximum Gasteiger partial charge on any atom is 0.143 e. The van der Waals surface area contributed by atoms with Gasteiger partial charge in [-0.2, -0.15) is 10.2 Å². The predicted molar refractivity (Wildman–Crippen MR) is 349 cm³/mol. The number of aromatic amines is 2. The van der Waals surface area contributed by atoms with Gasteiger partial charge >= 0.3 is 0 Å². The lowest BCUT2D eigenvalue weighted by atomic mass is 10.00. The van der Waals surface area contributed by atoms with Crippen LogP contribution < -0.4 is 15.2 Å². The first-order chi connectivity index (χ1) is 37.5. The van der Waals surface area contributed by atoms with Crippen LogP contribution in [0.5, 0.6) is 11.5 Å². The smallest absolute Gasteiger partial charge is 0.143 e. The van der Waals surface area contributed by atoms with Gasteiger partial charge in [-0.3, -0.25) is 4.68 Å². The van der Waals surface area contributed by atoms with Crippen LogP contribution in [-0.2, 0) is 126 Å². The number of anilines is 1. The van der Waals surface area contributed by atoms with Crippen molar-refractivity contribution >= 4 is 181 Å². The van der Waals surface area contributed by atoms with Crippen LogP contribution in [-0.4, -0.2) is 74.0 Å². The Morgan fingerprint density at radius 2 is 1.06 bits per heavy atom. The van der Waals surface area contributed by atoms with E-state index in [0.717, 1.165) is 118 Å². The largest absolute Gasteiger partial charge is 0.496 e. The van der Waals surface area contributed by atoms with Crippen molar-refractivity contribution in [2.45, 2.75) is 87.7 Å². The Balaban J connectivity index is 0.000000168. The standard InChI is InChI=1S/C24H26N6O2.C17H15ClN4O2.C6H11N3.S13/c1-12(2)30-16(7-8-25-30)9-20-23-17-11-21(31-6)18(22-13(3)29-32-14(22)4)10-19(17)28-24(23)27-15(5)26-20;1-7-14(8(2)24-22-7)11-5-12-10(6-13(11)23-4)15-16(18)19-9(3)20-17(15)21-12;1-5(2)9-6(7)3-4-8-9;1-3-5-7-9-11-13-12-10-8-6-4-2/h7-8,10-12H,9H2,1-6H3,(H,26,27,28);5-6H,1-4H3,(H,19,20,21);3-5H,7H2,1-2H3;. The summed E-state index contributed by atoms with van der Waals surface area (Å²) in [7, 11) is 21.4. The zero-order chi connectivity index (χ0) is 56.2. The molecular weight excluding hydrogens is 1260 g/mol. The minimum Gasteiger partial charge on any atom is -0.496 e. The summed E-state index contributed by atoms with van der Waals surface area (Å²) in [5.74, 6) is 5.06. The fourth-order valence-corrected chi connectivity index (χ4v) is 33.5. The Morgan fingerprint density at radius 3 is 1.49 bits per heavy atom. The molecular formula is C47H52ClN13O4S13. The molecule has 0 spiro atoms. The van der Waals surface area contributed by atoms with Crippen molar-refractivity contribution < 1.29 is 18.5 Å². The van der Waals surface area contributed by atoms with E-state index in [9.17, 15) is 0 Å². The molecule has 8 aromatic heterocycles. The highest BCUT2D eigenvalue weighted by molar-refractivity contribution is 8.75. The monoisotopic (exact) mass is 1310 g/mol. The molecule has 17 nitrogen and oxygen atoms in total. The number of aryl methyl sites for hydroxylation is 6. The van der Waals surface area contributed by atoms with E-state index in [0.29, 0.717) is 29.1 Å². The van der Waals surface area contributed by atoms with Gasteiger partial charge in [0, 0.05) is 189 Å². The molecule has 0 amide bonds. The van der Waals surface area contributed by atoms with E-state index in [1.54, 1.807) is 111 Å². The fourth-order valence-electron chi connectivity index (χ4n) is 8.47. The number of rotatable bonds is 8. The number of aromatic nitrogens is 12. The highest BCUT2D eigenvalue weighted by Crippen LogP contribution is 2.42. The molecule has 0 atom stereocenters. The number of nitrogens with zero attached hydrogens (tertiary/aromatic N) is 10. The molecule has 31 heteroatoms. The first-order valence-corrected chi connectivity index (χ1v) is 39.5. The molecule has 414 valence electrons. The molecule has 0 fully saturated rings. The fraction of sp³-hybridized carbons (Fsp3) is 0.319. The number of hydrogen-bond donors (Lipinski definition) is 3. The topological polar surface area (TPSA) is 215 Å². The average molecular weight is 1320 g/mol. The van der Waals surface area contributed by atoms with Crippen LogP contribution in [0.3, 0.4) is 0 Å². The average Bonchev–Trinajstić information content (AvgIpc) is 4.40. The van der Waals surface area contributed by atoms with Gasteiger partial charge < -0.3 is 34.2 Å². The third kappa shape index (κ3) is 14.7. The van der Waals surface area contributed by atoms with Crippen molar-refractivity contribution in [2.24, 2.45) is 0 Å². The van der Waals surface area contributed by atoms with E-state index in [4.69, 9.17) is 63.2 Å². The summed E-state index contributed by atoms with van der Waals surface area (Å²) < 4.78 is 25.9. The number of nitrogens with one attached hydrogen (secondary N) is 2. The minimum absolute atomic E-state index is 0.277. The van der Waals surface area contributed by atoms with Crippen molar-refractivity contribution in [3.8, 4) is 33.8 Å². The first kappa shape index (κ1) is 61.2. The van der Waals surface area contributed by atoms with Gasteiger partial charge in [-0.25, -0.2) is 24.6 Å². The normalized spacial score (nSPS) is 10.8. The molecule has 10 aromatic rings. The molecule has 78 heavy (non-hydrogen) atoms. The summed E-state index contributed by atoms with van der Waals surface area (Å²) in [4.78, 5) is 25.0. The number of H-pyrrole nitrogens is 2. The van der Waals surface area contributed by atoms with Crippen LogP contribution in [0.4, 0.5) is 5.82 Å². The predicted octanol–water partition coefficient (Wildman–Crippen LogP) is 10.4. The molecule has 10 rings (SSSR count). The second-order valence-corrected chi connectivity index (χ2v) is 37.0. The molecule has 0 aliphatic heterocycles. The first-order valence-electron chi connectivity index (χ1n) is 23.2. The number of benzene rings is 2. The second kappa shape index (κ2) is 28.8. The second-order valence-electron chi connectivity index (χ2n) is 17.2. The van der Waals surface area contributed by atoms with Crippen LogP contribution in [0, 0.1) is 41.5 Å². The number of hydrogen-bond acceptors (Lipinski definition) is 15. The maximum absolute atomic E-state index is 6.33. The molecule has 2 aromatic carbocycles. The van der Waals surface area contributed by atoms with Gasteiger partial charge in [0.1, 0.15) is 56.9 Å². The Bertz CT molecular complexity index is 4270.